The third kappa shape index (κ3) is 2.40. The van der Waals surface area contributed by atoms with Crippen LogP contribution in [0.25, 0.3) is 0 Å². The molecular weight excluding hydrogens is 268 g/mol. The second-order valence-corrected chi connectivity index (χ2v) is 6.48. The molecule has 1 aromatic carbocycles. The highest BCUT2D eigenvalue weighted by Crippen LogP contribution is 2.36. The van der Waals surface area contributed by atoms with Crippen LogP contribution in [0.15, 0.2) is 24.3 Å². The van der Waals surface area contributed by atoms with Gasteiger partial charge in [-0.3, -0.25) is 4.79 Å². The molecule has 1 fully saturated rings. The van der Waals surface area contributed by atoms with E-state index in [0.29, 0.717) is 10.8 Å². The molecule has 1 heterocycles. The summed E-state index contributed by atoms with van der Waals surface area (Å²) in [7, 11) is 0. The zero-order valence-corrected chi connectivity index (χ0v) is 12.6. The highest BCUT2D eigenvalue weighted by Gasteiger charge is 2.22. The van der Waals surface area contributed by atoms with E-state index in [9.17, 15) is 4.79 Å². The normalized spacial score (nSPS) is 15.3. The molecule has 0 atom stereocenters. The minimum Gasteiger partial charge on any atom is -0.288 e. The van der Waals surface area contributed by atoms with Crippen molar-refractivity contribution in [2.45, 2.75) is 44.9 Å². The van der Waals surface area contributed by atoms with Gasteiger partial charge >= 0.3 is 0 Å². The summed E-state index contributed by atoms with van der Waals surface area (Å²) in [5.41, 5.74) is 2.91. The summed E-state index contributed by atoms with van der Waals surface area (Å²) >= 11 is 1.20. The molecule has 4 heteroatoms. The first-order chi connectivity index (χ1) is 9.66. The SMILES string of the molecule is CC(C)c1nnsc1C(=O)c1ccc(C2CCC2)cc1. The van der Waals surface area contributed by atoms with Crippen LogP contribution in [0.5, 0.6) is 0 Å². The number of aromatic nitrogens is 2. The lowest BCUT2D eigenvalue weighted by Crippen LogP contribution is -2.09. The second-order valence-electron chi connectivity index (χ2n) is 5.72. The number of hydrogen-bond donors (Lipinski definition) is 0. The molecule has 3 rings (SSSR count). The molecule has 3 nitrogen and oxygen atoms in total. The third-order valence-electron chi connectivity index (χ3n) is 4.02. The molecule has 1 aliphatic rings. The van der Waals surface area contributed by atoms with Crippen molar-refractivity contribution in [2.24, 2.45) is 0 Å². The maximum Gasteiger partial charge on any atom is 0.206 e. The molecule has 0 saturated heterocycles. The van der Waals surface area contributed by atoms with Crippen molar-refractivity contribution >= 4 is 17.3 Å². The van der Waals surface area contributed by atoms with E-state index in [0.717, 1.165) is 11.3 Å². The molecule has 0 bridgehead atoms. The fourth-order valence-electron chi connectivity index (χ4n) is 2.51. The number of carbonyl (C=O) groups excluding carboxylic acids is 1. The molecule has 0 amide bonds. The standard InChI is InChI=1S/C16H18N2OS/c1-10(2)14-16(20-18-17-14)15(19)13-8-6-12(7-9-13)11-4-3-5-11/h6-11H,3-5H2,1-2H3. The smallest absolute Gasteiger partial charge is 0.206 e. The topological polar surface area (TPSA) is 42.9 Å². The number of benzene rings is 1. The Morgan fingerprint density at radius 3 is 2.50 bits per heavy atom. The molecule has 0 aliphatic heterocycles. The van der Waals surface area contributed by atoms with E-state index in [1.54, 1.807) is 0 Å². The molecule has 2 aromatic rings. The summed E-state index contributed by atoms with van der Waals surface area (Å²) in [6.07, 6.45) is 3.89. The van der Waals surface area contributed by atoms with Crippen LogP contribution in [0.1, 0.15) is 71.4 Å². The predicted molar refractivity (Wildman–Crippen MR) is 80.5 cm³/mol. The molecule has 0 N–H and O–H groups in total. The first-order valence-electron chi connectivity index (χ1n) is 7.13. The lowest BCUT2D eigenvalue weighted by Gasteiger charge is -2.25. The molecule has 1 aromatic heterocycles. The van der Waals surface area contributed by atoms with Gasteiger partial charge in [0.25, 0.3) is 0 Å². The fourth-order valence-corrected chi connectivity index (χ4v) is 3.29. The Kier molecular flexibility index (Phi) is 3.66. The zero-order valence-electron chi connectivity index (χ0n) is 11.8. The number of hydrogen-bond acceptors (Lipinski definition) is 4. The van der Waals surface area contributed by atoms with E-state index in [2.05, 4.69) is 21.7 Å². The Balaban J connectivity index is 1.84. The van der Waals surface area contributed by atoms with Gasteiger partial charge in [0.15, 0.2) is 0 Å². The molecule has 1 saturated carbocycles. The molecule has 20 heavy (non-hydrogen) atoms. The van der Waals surface area contributed by atoms with Gasteiger partial charge in [-0.15, -0.1) is 5.10 Å². The number of ketones is 1. The molecule has 0 spiro atoms. The Morgan fingerprint density at radius 2 is 1.95 bits per heavy atom. The van der Waals surface area contributed by atoms with Crippen molar-refractivity contribution in [2.75, 3.05) is 0 Å². The van der Waals surface area contributed by atoms with E-state index < -0.39 is 0 Å². The van der Waals surface area contributed by atoms with Crippen LogP contribution in [-0.4, -0.2) is 15.4 Å². The Hall–Kier alpha value is -1.55. The molecular formula is C16H18N2OS. The largest absolute Gasteiger partial charge is 0.288 e. The van der Waals surface area contributed by atoms with Crippen LogP contribution < -0.4 is 0 Å². The van der Waals surface area contributed by atoms with E-state index in [4.69, 9.17) is 0 Å². The summed E-state index contributed by atoms with van der Waals surface area (Å²) < 4.78 is 3.93. The molecule has 0 unspecified atom stereocenters. The van der Waals surface area contributed by atoms with E-state index in [1.807, 2.05) is 26.0 Å². The van der Waals surface area contributed by atoms with E-state index >= 15 is 0 Å². The van der Waals surface area contributed by atoms with Crippen LogP contribution in [0.2, 0.25) is 0 Å². The lowest BCUT2D eigenvalue weighted by atomic mass is 9.80. The highest BCUT2D eigenvalue weighted by atomic mass is 32.1. The van der Waals surface area contributed by atoms with Gasteiger partial charge in [0.2, 0.25) is 5.78 Å². The van der Waals surface area contributed by atoms with Gasteiger partial charge in [0.05, 0.1) is 5.69 Å². The maximum absolute atomic E-state index is 12.5. The Labute approximate surface area is 123 Å². The van der Waals surface area contributed by atoms with Crippen LogP contribution in [-0.2, 0) is 0 Å². The van der Waals surface area contributed by atoms with Gasteiger partial charge in [-0.25, -0.2) is 0 Å². The summed E-state index contributed by atoms with van der Waals surface area (Å²) in [5, 5.41) is 4.08. The van der Waals surface area contributed by atoms with E-state index in [-0.39, 0.29) is 11.7 Å². The monoisotopic (exact) mass is 286 g/mol. The number of nitrogens with zero attached hydrogens (tertiary/aromatic N) is 2. The summed E-state index contributed by atoms with van der Waals surface area (Å²) in [6, 6.07) is 8.08. The lowest BCUT2D eigenvalue weighted by molar-refractivity contribution is 0.104. The Bertz CT molecular complexity index is 612. The molecule has 104 valence electrons. The summed E-state index contributed by atoms with van der Waals surface area (Å²) in [6.45, 7) is 4.07. The van der Waals surface area contributed by atoms with Crippen LogP contribution in [0.4, 0.5) is 0 Å². The van der Waals surface area contributed by atoms with Crippen molar-refractivity contribution in [3.8, 4) is 0 Å². The summed E-state index contributed by atoms with van der Waals surface area (Å²) in [4.78, 5) is 13.2. The highest BCUT2D eigenvalue weighted by molar-refractivity contribution is 7.08. The van der Waals surface area contributed by atoms with Gasteiger partial charge in [0.1, 0.15) is 4.88 Å². The molecule has 0 radical (unpaired) electrons. The average molecular weight is 286 g/mol. The van der Waals surface area contributed by atoms with Gasteiger partial charge in [0, 0.05) is 5.56 Å². The van der Waals surface area contributed by atoms with Gasteiger partial charge in [-0.05, 0) is 41.8 Å². The van der Waals surface area contributed by atoms with Gasteiger partial charge < -0.3 is 0 Å². The third-order valence-corrected chi connectivity index (χ3v) is 4.76. The van der Waals surface area contributed by atoms with Crippen molar-refractivity contribution < 1.29 is 4.79 Å². The predicted octanol–water partition coefficient (Wildman–Crippen LogP) is 4.16. The zero-order chi connectivity index (χ0) is 14.1. The van der Waals surface area contributed by atoms with Crippen LogP contribution in [0.3, 0.4) is 0 Å². The first kappa shape index (κ1) is 13.4. The second kappa shape index (κ2) is 5.44. The maximum atomic E-state index is 12.5. The number of rotatable bonds is 4. The Morgan fingerprint density at radius 1 is 1.25 bits per heavy atom. The van der Waals surface area contributed by atoms with Crippen LogP contribution in [0, 0.1) is 0 Å². The van der Waals surface area contributed by atoms with Crippen molar-refractivity contribution in [1.82, 2.24) is 9.59 Å². The van der Waals surface area contributed by atoms with Crippen molar-refractivity contribution in [3.63, 3.8) is 0 Å². The first-order valence-corrected chi connectivity index (χ1v) is 7.91. The molecule has 1 aliphatic carbocycles. The van der Waals surface area contributed by atoms with Crippen molar-refractivity contribution in [1.29, 1.82) is 0 Å². The van der Waals surface area contributed by atoms with Gasteiger partial charge in [-0.2, -0.15) is 0 Å². The van der Waals surface area contributed by atoms with Gasteiger partial charge in [-0.1, -0.05) is 49.0 Å². The van der Waals surface area contributed by atoms with E-state index in [1.165, 1.54) is 36.4 Å². The number of carbonyl (C=O) groups is 1. The minimum atomic E-state index is 0.0452. The fraction of sp³-hybridized carbons (Fsp3) is 0.438. The summed E-state index contributed by atoms with van der Waals surface area (Å²) in [5.74, 6) is 0.973. The minimum absolute atomic E-state index is 0.0452. The van der Waals surface area contributed by atoms with Crippen LogP contribution >= 0.6 is 11.5 Å². The van der Waals surface area contributed by atoms with Crippen molar-refractivity contribution in [3.05, 3.63) is 46.0 Å². The quantitative estimate of drug-likeness (QED) is 0.793. The average Bonchev–Trinajstić information content (AvgIpc) is 2.86.